The van der Waals surface area contributed by atoms with Crippen LogP contribution in [-0.4, -0.2) is 25.4 Å². The summed E-state index contributed by atoms with van der Waals surface area (Å²) in [5.41, 5.74) is 3.42. The fourth-order valence-corrected chi connectivity index (χ4v) is 4.79. The van der Waals surface area contributed by atoms with Crippen LogP contribution in [0.1, 0.15) is 68.9 Å². The summed E-state index contributed by atoms with van der Waals surface area (Å²) in [5.74, 6) is 0.726. The zero-order chi connectivity index (χ0) is 30.8. The summed E-state index contributed by atoms with van der Waals surface area (Å²) >= 11 is 3.31. The predicted molar refractivity (Wildman–Crippen MR) is 165 cm³/mol. The Bertz CT molecular complexity index is 1660. The molecule has 0 aliphatic heterocycles. The Morgan fingerprint density at radius 2 is 1.76 bits per heavy atom. The molecule has 0 saturated heterocycles. The van der Waals surface area contributed by atoms with Crippen LogP contribution >= 0.6 is 15.9 Å². The van der Waals surface area contributed by atoms with Gasteiger partial charge in [0, 0.05) is 24.1 Å². The molecule has 42 heavy (non-hydrogen) atoms. The van der Waals surface area contributed by atoms with E-state index in [4.69, 9.17) is 9.84 Å². The van der Waals surface area contributed by atoms with E-state index in [1.54, 1.807) is 22.2 Å². The second-order valence-electron chi connectivity index (χ2n) is 11.5. The topological polar surface area (TPSA) is 103 Å². The number of halogens is 2. The smallest absolute Gasteiger partial charge is 0.320 e. The number of aryl methyl sites for hydroxylation is 2. The number of benzene rings is 2. The van der Waals surface area contributed by atoms with Gasteiger partial charge < -0.3 is 10.1 Å². The van der Waals surface area contributed by atoms with Crippen LogP contribution in [0.5, 0.6) is 5.88 Å². The van der Waals surface area contributed by atoms with E-state index in [0.29, 0.717) is 22.8 Å². The second kappa shape index (κ2) is 12.5. The molecular formula is C31H36BrFN6O3. The lowest BCUT2D eigenvalue weighted by Crippen LogP contribution is -2.29. The number of carbonyl (C=O) groups excluding carboxylic acids is 1. The Morgan fingerprint density at radius 1 is 1.07 bits per heavy atom. The molecule has 2 aromatic heterocycles. The van der Waals surface area contributed by atoms with E-state index >= 15 is 0 Å². The lowest BCUT2D eigenvalue weighted by atomic mass is 9.92. The van der Waals surface area contributed by atoms with E-state index in [1.165, 1.54) is 12.1 Å². The molecule has 0 bridgehead atoms. The summed E-state index contributed by atoms with van der Waals surface area (Å²) in [6, 6.07) is 13.4. The van der Waals surface area contributed by atoms with Crippen LogP contribution in [0.2, 0.25) is 0 Å². The van der Waals surface area contributed by atoms with Gasteiger partial charge in [0.15, 0.2) is 0 Å². The number of anilines is 1. The van der Waals surface area contributed by atoms with E-state index in [1.807, 2.05) is 51.1 Å². The number of nitrogens with zero attached hydrogens (tertiary/aromatic N) is 4. The van der Waals surface area contributed by atoms with Crippen molar-refractivity contribution in [3.8, 4) is 11.6 Å². The van der Waals surface area contributed by atoms with Gasteiger partial charge in [-0.25, -0.2) is 13.9 Å². The first-order valence-electron chi connectivity index (χ1n) is 13.7. The molecule has 4 rings (SSSR count). The number of nitrogens with one attached hydrogen (secondary N) is 2. The Hall–Kier alpha value is -3.99. The van der Waals surface area contributed by atoms with Crippen molar-refractivity contribution in [3.05, 3.63) is 97.4 Å². The van der Waals surface area contributed by atoms with E-state index in [-0.39, 0.29) is 40.5 Å². The molecule has 0 radical (unpaired) electrons. The third-order valence-electron chi connectivity index (χ3n) is 6.69. The van der Waals surface area contributed by atoms with Gasteiger partial charge >= 0.3 is 6.03 Å². The monoisotopic (exact) mass is 638 g/mol. The zero-order valence-electron chi connectivity index (χ0n) is 24.9. The number of amides is 2. The minimum atomic E-state index is -0.475. The van der Waals surface area contributed by atoms with Gasteiger partial charge in [0.2, 0.25) is 5.88 Å². The first-order valence-corrected chi connectivity index (χ1v) is 14.4. The molecule has 0 unspecified atom stereocenters. The van der Waals surface area contributed by atoms with Crippen LogP contribution in [-0.2, 0) is 18.6 Å². The van der Waals surface area contributed by atoms with Gasteiger partial charge in [0.05, 0.1) is 11.4 Å². The number of carbonyl (C=O) groups is 1. The largest absolute Gasteiger partial charge is 0.472 e. The zero-order valence-corrected chi connectivity index (χ0v) is 26.5. The quantitative estimate of drug-likeness (QED) is 0.223. The van der Waals surface area contributed by atoms with Gasteiger partial charge in [0.1, 0.15) is 28.5 Å². The Labute approximate surface area is 253 Å². The summed E-state index contributed by atoms with van der Waals surface area (Å²) < 4.78 is 23.6. The highest BCUT2D eigenvalue weighted by Gasteiger charge is 2.22. The fourth-order valence-electron chi connectivity index (χ4n) is 4.40. The van der Waals surface area contributed by atoms with Crippen molar-refractivity contribution in [1.82, 2.24) is 24.6 Å². The molecule has 2 amide bonds. The summed E-state index contributed by atoms with van der Waals surface area (Å²) in [4.78, 5) is 30.2. The number of aromatic nitrogens is 4. The molecule has 0 aliphatic carbocycles. The number of ether oxygens (including phenoxy) is 1. The van der Waals surface area contributed by atoms with Crippen molar-refractivity contribution in [2.24, 2.45) is 0 Å². The molecule has 0 aliphatic rings. The maximum Gasteiger partial charge on any atom is 0.320 e. The third kappa shape index (κ3) is 7.07. The fraction of sp³-hybridized carbons (Fsp3) is 0.355. The normalized spacial score (nSPS) is 11.6. The van der Waals surface area contributed by atoms with Gasteiger partial charge in [-0.05, 0) is 79.0 Å². The maximum atomic E-state index is 14.2. The van der Waals surface area contributed by atoms with Crippen LogP contribution in [0, 0.1) is 19.7 Å². The standard InChI is InChI=1S/C31H36BrFN6O3/c1-18(2)38-20(4)35-28(27(32)29(38)40)42-17-21-10-11-23(33)14-22(21)16-34-30(41)36-26-15-25(31(5,6)7)37-39(26)24-12-8-19(3)9-13-24/h8-15,18H,16-17H2,1-7H3,(H2,34,36,41). The summed E-state index contributed by atoms with van der Waals surface area (Å²) in [6.45, 7) is 13.8. The number of urea groups is 1. The highest BCUT2D eigenvalue weighted by atomic mass is 79.9. The molecule has 4 aromatic rings. The first kappa shape index (κ1) is 31.0. The number of hydrogen-bond acceptors (Lipinski definition) is 5. The molecule has 2 N–H and O–H groups in total. The van der Waals surface area contributed by atoms with Crippen LogP contribution in [0.4, 0.5) is 15.0 Å². The van der Waals surface area contributed by atoms with E-state index in [9.17, 15) is 14.0 Å². The Balaban J connectivity index is 1.50. The molecule has 0 spiro atoms. The molecule has 2 heterocycles. The van der Waals surface area contributed by atoms with Crippen molar-refractivity contribution in [3.63, 3.8) is 0 Å². The molecule has 11 heteroatoms. The highest BCUT2D eigenvalue weighted by Crippen LogP contribution is 2.27. The molecule has 0 atom stereocenters. The van der Waals surface area contributed by atoms with Gasteiger partial charge in [-0.2, -0.15) is 10.1 Å². The van der Waals surface area contributed by atoms with E-state index in [2.05, 4.69) is 52.3 Å². The average molecular weight is 640 g/mol. The van der Waals surface area contributed by atoms with Gasteiger partial charge in [-0.3, -0.25) is 14.7 Å². The van der Waals surface area contributed by atoms with Gasteiger partial charge in [-0.15, -0.1) is 0 Å². The first-order chi connectivity index (χ1) is 19.7. The molecular weight excluding hydrogens is 603 g/mol. The van der Waals surface area contributed by atoms with Gasteiger partial charge in [-0.1, -0.05) is 44.5 Å². The predicted octanol–water partition coefficient (Wildman–Crippen LogP) is 6.73. The Morgan fingerprint density at radius 3 is 2.40 bits per heavy atom. The lowest BCUT2D eigenvalue weighted by Gasteiger charge is -2.17. The third-order valence-corrected chi connectivity index (χ3v) is 7.37. The average Bonchev–Trinajstić information content (AvgIpc) is 3.34. The van der Waals surface area contributed by atoms with Crippen LogP contribution in [0.25, 0.3) is 5.69 Å². The minimum absolute atomic E-state index is 0.0181. The number of hydrogen-bond donors (Lipinski definition) is 2. The van der Waals surface area contributed by atoms with Gasteiger partial charge in [0.25, 0.3) is 5.56 Å². The van der Waals surface area contributed by atoms with Crippen molar-refractivity contribution in [2.75, 3.05) is 5.32 Å². The Kier molecular flexibility index (Phi) is 9.20. The van der Waals surface area contributed by atoms with Crippen LogP contribution in [0.3, 0.4) is 0 Å². The summed E-state index contributed by atoms with van der Waals surface area (Å²) in [7, 11) is 0. The summed E-state index contributed by atoms with van der Waals surface area (Å²) in [6.07, 6.45) is 0. The van der Waals surface area contributed by atoms with Crippen molar-refractivity contribution < 1.29 is 13.9 Å². The lowest BCUT2D eigenvalue weighted by molar-refractivity contribution is 0.251. The maximum absolute atomic E-state index is 14.2. The molecule has 9 nitrogen and oxygen atoms in total. The SMILES string of the molecule is Cc1ccc(-n2nc(C(C)(C)C)cc2NC(=O)NCc2cc(F)ccc2COc2nc(C)n(C(C)C)c(=O)c2Br)cc1. The number of rotatable bonds is 8. The van der Waals surface area contributed by atoms with Crippen molar-refractivity contribution in [2.45, 2.75) is 73.1 Å². The van der Waals surface area contributed by atoms with E-state index in [0.717, 1.165) is 16.9 Å². The summed E-state index contributed by atoms with van der Waals surface area (Å²) in [5, 5.41) is 10.4. The molecule has 0 saturated carbocycles. The van der Waals surface area contributed by atoms with Crippen LogP contribution < -0.4 is 20.9 Å². The van der Waals surface area contributed by atoms with Crippen molar-refractivity contribution in [1.29, 1.82) is 0 Å². The van der Waals surface area contributed by atoms with Crippen LogP contribution in [0.15, 0.2) is 57.8 Å². The molecule has 222 valence electrons. The second-order valence-corrected chi connectivity index (χ2v) is 12.3. The highest BCUT2D eigenvalue weighted by molar-refractivity contribution is 9.10. The van der Waals surface area contributed by atoms with E-state index < -0.39 is 11.8 Å². The molecule has 2 aromatic carbocycles. The van der Waals surface area contributed by atoms with Crippen molar-refractivity contribution >= 4 is 27.8 Å². The minimum Gasteiger partial charge on any atom is -0.472 e. The molecule has 0 fully saturated rings.